The summed E-state index contributed by atoms with van der Waals surface area (Å²) in [7, 11) is -3.54. The van der Waals surface area contributed by atoms with Gasteiger partial charge in [0.2, 0.25) is 10.0 Å². The second-order valence-corrected chi connectivity index (χ2v) is 8.79. The third kappa shape index (κ3) is 5.67. The topological polar surface area (TPSA) is 127 Å². The predicted molar refractivity (Wildman–Crippen MR) is 102 cm³/mol. The van der Waals surface area contributed by atoms with E-state index in [1.165, 1.54) is 34.5 Å². The number of hydrogen-bond acceptors (Lipinski definition) is 8. The molecule has 1 aliphatic rings. The van der Waals surface area contributed by atoms with E-state index in [1.807, 2.05) is 0 Å². The fourth-order valence-corrected chi connectivity index (χ4v) is 4.49. The molecular formula is C16H21N5O5S2. The maximum Gasteiger partial charge on any atom is 0.257 e. The van der Waals surface area contributed by atoms with Gasteiger partial charge in [-0.15, -0.1) is 0 Å². The Kier molecular flexibility index (Phi) is 7.25. The van der Waals surface area contributed by atoms with Gasteiger partial charge in [-0.3, -0.25) is 9.89 Å². The van der Waals surface area contributed by atoms with Crippen LogP contribution in [-0.2, 0) is 19.6 Å². The van der Waals surface area contributed by atoms with Gasteiger partial charge < -0.3 is 14.8 Å². The Bertz CT molecular complexity index is 852. The van der Waals surface area contributed by atoms with Crippen LogP contribution in [0.25, 0.3) is 0 Å². The summed E-state index contributed by atoms with van der Waals surface area (Å²) in [6, 6.07) is 6.04. The molecule has 1 aliphatic heterocycles. The minimum Gasteiger partial charge on any atom is -0.484 e. The highest BCUT2D eigenvalue weighted by Gasteiger charge is 2.26. The lowest BCUT2D eigenvalue weighted by molar-refractivity contribution is -0.122. The zero-order valence-corrected chi connectivity index (χ0v) is 16.7. The number of hydrogen-bond donors (Lipinski definition) is 2. The van der Waals surface area contributed by atoms with Gasteiger partial charge in [-0.1, -0.05) is 11.8 Å². The molecule has 0 spiro atoms. The van der Waals surface area contributed by atoms with Crippen molar-refractivity contribution in [1.29, 1.82) is 0 Å². The maximum absolute atomic E-state index is 12.5. The van der Waals surface area contributed by atoms with E-state index in [-0.39, 0.29) is 17.4 Å². The molecule has 1 aromatic heterocycles. The highest BCUT2D eigenvalue weighted by molar-refractivity contribution is 7.99. The lowest BCUT2D eigenvalue weighted by Gasteiger charge is -2.26. The molecule has 1 fully saturated rings. The molecule has 1 aromatic carbocycles. The molecule has 1 amide bonds. The van der Waals surface area contributed by atoms with E-state index in [0.717, 1.165) is 0 Å². The molecule has 0 radical (unpaired) electrons. The molecule has 1 saturated heterocycles. The first-order valence-electron chi connectivity index (χ1n) is 8.61. The largest absolute Gasteiger partial charge is 0.484 e. The number of morpholine rings is 1. The van der Waals surface area contributed by atoms with Crippen molar-refractivity contribution >= 4 is 27.7 Å². The summed E-state index contributed by atoms with van der Waals surface area (Å²) in [6.07, 6.45) is 1.42. The van der Waals surface area contributed by atoms with E-state index >= 15 is 0 Å². The lowest BCUT2D eigenvalue weighted by Crippen LogP contribution is -2.40. The first-order chi connectivity index (χ1) is 13.6. The Labute approximate surface area is 167 Å². The van der Waals surface area contributed by atoms with E-state index in [1.54, 1.807) is 12.1 Å². The molecule has 152 valence electrons. The SMILES string of the molecule is O=C(COc1ccc(S(=O)(=O)N2CCOCC2)cc1)NCCSc1ncn[nH]1. The van der Waals surface area contributed by atoms with E-state index in [9.17, 15) is 13.2 Å². The number of nitrogens with zero attached hydrogens (tertiary/aromatic N) is 3. The van der Waals surface area contributed by atoms with Crippen LogP contribution in [0, 0.1) is 0 Å². The molecular weight excluding hydrogens is 406 g/mol. The van der Waals surface area contributed by atoms with Gasteiger partial charge in [0, 0.05) is 25.4 Å². The van der Waals surface area contributed by atoms with E-state index in [4.69, 9.17) is 9.47 Å². The monoisotopic (exact) mass is 427 g/mol. The summed E-state index contributed by atoms with van der Waals surface area (Å²) in [4.78, 5) is 16.0. The third-order valence-corrected chi connectivity index (χ3v) is 6.65. The summed E-state index contributed by atoms with van der Waals surface area (Å²) in [5.41, 5.74) is 0. The number of nitrogens with one attached hydrogen (secondary N) is 2. The second kappa shape index (κ2) is 9.87. The Morgan fingerprint density at radius 1 is 1.29 bits per heavy atom. The van der Waals surface area contributed by atoms with E-state index < -0.39 is 10.0 Å². The number of aromatic nitrogens is 3. The average Bonchev–Trinajstić information content (AvgIpc) is 3.24. The number of ether oxygens (including phenoxy) is 2. The van der Waals surface area contributed by atoms with Gasteiger partial charge in [0.25, 0.3) is 5.91 Å². The number of carbonyl (C=O) groups is 1. The van der Waals surface area contributed by atoms with Crippen LogP contribution in [0.3, 0.4) is 0 Å². The van der Waals surface area contributed by atoms with Gasteiger partial charge in [0.05, 0.1) is 18.1 Å². The minimum atomic E-state index is -3.54. The minimum absolute atomic E-state index is 0.150. The van der Waals surface area contributed by atoms with Crippen molar-refractivity contribution in [3.63, 3.8) is 0 Å². The number of aromatic amines is 1. The van der Waals surface area contributed by atoms with E-state index in [0.29, 0.717) is 49.5 Å². The number of sulfonamides is 1. The van der Waals surface area contributed by atoms with Crippen LogP contribution < -0.4 is 10.1 Å². The second-order valence-electron chi connectivity index (χ2n) is 5.77. The van der Waals surface area contributed by atoms with Crippen LogP contribution in [-0.4, -0.2) is 79.0 Å². The summed E-state index contributed by atoms with van der Waals surface area (Å²) in [5, 5.41) is 9.88. The van der Waals surface area contributed by atoms with Crippen molar-refractivity contribution in [2.75, 3.05) is 45.2 Å². The van der Waals surface area contributed by atoms with Crippen LogP contribution in [0.1, 0.15) is 0 Å². The number of thioether (sulfide) groups is 1. The molecule has 12 heteroatoms. The molecule has 0 saturated carbocycles. The normalized spacial score (nSPS) is 15.3. The van der Waals surface area contributed by atoms with Gasteiger partial charge in [-0.05, 0) is 24.3 Å². The summed E-state index contributed by atoms with van der Waals surface area (Å²) < 4.78 is 37.1. The highest BCUT2D eigenvalue weighted by Crippen LogP contribution is 2.20. The Morgan fingerprint density at radius 2 is 2.04 bits per heavy atom. The van der Waals surface area contributed by atoms with Crippen LogP contribution in [0.4, 0.5) is 0 Å². The van der Waals surface area contributed by atoms with Gasteiger partial charge in [-0.25, -0.2) is 13.4 Å². The Hall–Kier alpha value is -2.15. The van der Waals surface area contributed by atoms with Crippen molar-refractivity contribution in [3.05, 3.63) is 30.6 Å². The molecule has 0 atom stereocenters. The third-order valence-electron chi connectivity index (χ3n) is 3.86. The smallest absolute Gasteiger partial charge is 0.257 e. The molecule has 3 rings (SSSR count). The predicted octanol–water partition coefficient (Wildman–Crippen LogP) is 0.113. The molecule has 0 bridgehead atoms. The Balaban J connectivity index is 1.41. The van der Waals surface area contributed by atoms with Crippen molar-refractivity contribution < 1.29 is 22.7 Å². The number of H-pyrrole nitrogens is 1. The fourth-order valence-electron chi connectivity index (χ4n) is 2.45. The van der Waals surface area contributed by atoms with Crippen molar-refractivity contribution in [2.24, 2.45) is 0 Å². The van der Waals surface area contributed by atoms with Gasteiger partial charge in [0.1, 0.15) is 12.1 Å². The summed E-state index contributed by atoms with van der Waals surface area (Å²) in [6.45, 7) is 1.79. The maximum atomic E-state index is 12.5. The molecule has 2 heterocycles. The standard InChI is InChI=1S/C16H21N5O5S2/c22-15(17-5-10-27-16-18-12-19-20-16)11-26-13-1-3-14(4-2-13)28(23,24)21-6-8-25-9-7-21/h1-4,12H,5-11H2,(H,17,22)(H,18,19,20). The van der Waals surface area contributed by atoms with E-state index in [2.05, 4.69) is 20.5 Å². The van der Waals surface area contributed by atoms with Crippen LogP contribution in [0.15, 0.2) is 40.6 Å². The molecule has 2 aromatic rings. The lowest BCUT2D eigenvalue weighted by atomic mass is 10.3. The molecule has 0 unspecified atom stereocenters. The average molecular weight is 428 g/mol. The van der Waals surface area contributed by atoms with Crippen LogP contribution in [0.5, 0.6) is 5.75 Å². The van der Waals surface area contributed by atoms with Gasteiger partial charge >= 0.3 is 0 Å². The van der Waals surface area contributed by atoms with Crippen molar-refractivity contribution in [1.82, 2.24) is 24.8 Å². The zero-order chi connectivity index (χ0) is 19.8. The Morgan fingerprint density at radius 3 is 2.71 bits per heavy atom. The molecule has 0 aliphatic carbocycles. The van der Waals surface area contributed by atoms with Crippen molar-refractivity contribution in [2.45, 2.75) is 10.1 Å². The molecule has 10 nitrogen and oxygen atoms in total. The van der Waals surface area contributed by atoms with Crippen LogP contribution >= 0.6 is 11.8 Å². The number of amides is 1. The highest BCUT2D eigenvalue weighted by atomic mass is 32.2. The zero-order valence-electron chi connectivity index (χ0n) is 15.0. The van der Waals surface area contributed by atoms with Crippen LogP contribution in [0.2, 0.25) is 0 Å². The van der Waals surface area contributed by atoms with Crippen molar-refractivity contribution in [3.8, 4) is 5.75 Å². The van der Waals surface area contributed by atoms with Gasteiger partial charge in [0.15, 0.2) is 11.8 Å². The molecule has 28 heavy (non-hydrogen) atoms. The quantitative estimate of drug-likeness (QED) is 0.427. The molecule has 2 N–H and O–H groups in total. The summed E-state index contributed by atoms with van der Waals surface area (Å²) >= 11 is 1.45. The first-order valence-corrected chi connectivity index (χ1v) is 11.0. The number of carbonyl (C=O) groups excluding carboxylic acids is 1. The first kappa shape index (κ1) is 20.6. The number of rotatable bonds is 9. The number of benzene rings is 1. The fraction of sp³-hybridized carbons (Fsp3) is 0.438. The van der Waals surface area contributed by atoms with Gasteiger partial charge in [-0.2, -0.15) is 9.40 Å². The summed E-state index contributed by atoms with van der Waals surface area (Å²) in [5.74, 6) is 0.810.